The lowest BCUT2D eigenvalue weighted by Crippen LogP contribution is -2.45. The predicted molar refractivity (Wildman–Crippen MR) is 83.3 cm³/mol. The van der Waals surface area contributed by atoms with Crippen LogP contribution in [0.25, 0.3) is 0 Å². The molecule has 1 saturated heterocycles. The highest BCUT2D eigenvalue weighted by Gasteiger charge is 2.31. The molecule has 1 aromatic heterocycles. The summed E-state index contributed by atoms with van der Waals surface area (Å²) < 4.78 is 34.3. The van der Waals surface area contributed by atoms with E-state index in [0.29, 0.717) is 11.3 Å². The van der Waals surface area contributed by atoms with Crippen molar-refractivity contribution in [1.82, 2.24) is 10.2 Å². The number of nitrogens with one attached hydrogen (secondary N) is 1. The quantitative estimate of drug-likeness (QED) is 0.937. The second-order valence-corrected chi connectivity index (χ2v) is 5.30. The lowest BCUT2D eigenvalue weighted by Gasteiger charge is -2.34. The molecule has 0 bridgehead atoms. The van der Waals surface area contributed by atoms with Crippen molar-refractivity contribution < 1.29 is 13.2 Å². The molecule has 3 nitrogen and oxygen atoms in total. The highest BCUT2D eigenvalue weighted by Crippen LogP contribution is 2.33. The van der Waals surface area contributed by atoms with Crippen molar-refractivity contribution in [2.75, 3.05) is 26.2 Å². The zero-order valence-electron chi connectivity index (χ0n) is 12.3. The van der Waals surface area contributed by atoms with Crippen molar-refractivity contribution in [3.8, 4) is 0 Å². The summed E-state index contributed by atoms with van der Waals surface area (Å²) in [6, 6.07) is 5.78. The standard InChI is InChI=1S/C16H18F2N2O.ClH/c1-11-4-5-12(17)14(15(11)18)16(13-3-2-10-21-13)20-8-6-19-7-9-20;/h2-5,10,16,19H,6-9H2,1H3;1H/t16-;/m1./s1. The lowest BCUT2D eigenvalue weighted by atomic mass is 9.98. The summed E-state index contributed by atoms with van der Waals surface area (Å²) in [5.41, 5.74) is 0.518. The van der Waals surface area contributed by atoms with Crippen LogP contribution in [0.1, 0.15) is 22.9 Å². The van der Waals surface area contributed by atoms with Crippen LogP contribution in [-0.2, 0) is 0 Å². The third-order valence-corrected chi connectivity index (χ3v) is 3.92. The Bertz CT molecular complexity index is 613. The van der Waals surface area contributed by atoms with Gasteiger partial charge in [-0.1, -0.05) is 6.07 Å². The molecular formula is C16H19ClF2N2O. The van der Waals surface area contributed by atoms with Crippen molar-refractivity contribution in [3.63, 3.8) is 0 Å². The molecule has 3 rings (SSSR count). The van der Waals surface area contributed by atoms with E-state index in [9.17, 15) is 8.78 Å². The molecule has 0 aliphatic carbocycles. The Morgan fingerprint density at radius 2 is 1.91 bits per heavy atom. The monoisotopic (exact) mass is 328 g/mol. The molecule has 1 aromatic carbocycles. The van der Waals surface area contributed by atoms with Crippen LogP contribution in [0.5, 0.6) is 0 Å². The summed E-state index contributed by atoms with van der Waals surface area (Å²) in [7, 11) is 0. The maximum Gasteiger partial charge on any atom is 0.134 e. The number of rotatable bonds is 3. The molecule has 1 N–H and O–H groups in total. The molecule has 1 aliphatic rings. The fourth-order valence-corrected chi connectivity index (χ4v) is 2.82. The molecule has 1 aliphatic heterocycles. The molecule has 0 amide bonds. The van der Waals surface area contributed by atoms with Gasteiger partial charge in [0.25, 0.3) is 0 Å². The maximum atomic E-state index is 14.5. The van der Waals surface area contributed by atoms with Crippen LogP contribution >= 0.6 is 12.4 Å². The Morgan fingerprint density at radius 3 is 2.55 bits per heavy atom. The van der Waals surface area contributed by atoms with Gasteiger partial charge in [-0.15, -0.1) is 12.4 Å². The predicted octanol–water partition coefficient (Wildman–Crippen LogP) is 3.28. The van der Waals surface area contributed by atoms with Gasteiger partial charge in [0, 0.05) is 31.7 Å². The lowest BCUT2D eigenvalue weighted by molar-refractivity contribution is 0.173. The molecule has 1 atom stereocenters. The molecule has 6 heteroatoms. The minimum absolute atomic E-state index is 0. The van der Waals surface area contributed by atoms with Crippen LogP contribution in [0.4, 0.5) is 8.78 Å². The molecule has 120 valence electrons. The second-order valence-electron chi connectivity index (χ2n) is 5.30. The Balaban J connectivity index is 0.00000176. The van der Waals surface area contributed by atoms with Gasteiger partial charge in [-0.05, 0) is 30.7 Å². The van der Waals surface area contributed by atoms with E-state index in [4.69, 9.17) is 4.42 Å². The summed E-state index contributed by atoms with van der Waals surface area (Å²) in [6.07, 6.45) is 1.54. The Morgan fingerprint density at radius 1 is 1.18 bits per heavy atom. The summed E-state index contributed by atoms with van der Waals surface area (Å²) in [4.78, 5) is 2.05. The van der Waals surface area contributed by atoms with Gasteiger partial charge in [0.15, 0.2) is 0 Å². The average molecular weight is 329 g/mol. The smallest absolute Gasteiger partial charge is 0.134 e. The van der Waals surface area contributed by atoms with E-state index in [1.54, 1.807) is 19.1 Å². The first kappa shape index (κ1) is 16.9. The molecule has 0 unspecified atom stereocenters. The van der Waals surface area contributed by atoms with Gasteiger partial charge in [0.1, 0.15) is 17.4 Å². The third-order valence-electron chi connectivity index (χ3n) is 3.92. The van der Waals surface area contributed by atoms with E-state index < -0.39 is 17.7 Å². The Kier molecular flexibility index (Phi) is 5.56. The molecule has 1 fully saturated rings. The first-order valence-corrected chi connectivity index (χ1v) is 7.11. The molecule has 0 radical (unpaired) electrons. The van der Waals surface area contributed by atoms with Crippen molar-refractivity contribution in [2.24, 2.45) is 0 Å². The average Bonchev–Trinajstić information content (AvgIpc) is 3.02. The minimum Gasteiger partial charge on any atom is -0.467 e. The summed E-state index contributed by atoms with van der Waals surface area (Å²) in [6.45, 7) is 4.68. The Labute approximate surface area is 134 Å². The van der Waals surface area contributed by atoms with Crippen LogP contribution < -0.4 is 5.32 Å². The highest BCUT2D eigenvalue weighted by molar-refractivity contribution is 5.85. The first-order chi connectivity index (χ1) is 10.2. The third kappa shape index (κ3) is 3.16. The zero-order chi connectivity index (χ0) is 14.8. The van der Waals surface area contributed by atoms with E-state index in [2.05, 4.69) is 10.2 Å². The molecular weight excluding hydrogens is 310 g/mol. The van der Waals surface area contributed by atoms with Gasteiger partial charge in [0.2, 0.25) is 0 Å². The van der Waals surface area contributed by atoms with E-state index in [1.807, 2.05) is 0 Å². The highest BCUT2D eigenvalue weighted by atomic mass is 35.5. The van der Waals surface area contributed by atoms with E-state index in [1.165, 1.54) is 18.4 Å². The van der Waals surface area contributed by atoms with Crippen LogP contribution in [0.2, 0.25) is 0 Å². The number of hydrogen-bond donors (Lipinski definition) is 1. The van der Waals surface area contributed by atoms with Gasteiger partial charge in [0.05, 0.1) is 12.3 Å². The van der Waals surface area contributed by atoms with E-state index in [0.717, 1.165) is 26.2 Å². The summed E-state index contributed by atoms with van der Waals surface area (Å²) in [5.74, 6) is -0.451. The van der Waals surface area contributed by atoms with Crippen molar-refractivity contribution >= 4 is 12.4 Å². The minimum atomic E-state index is -0.530. The first-order valence-electron chi connectivity index (χ1n) is 7.11. The van der Waals surface area contributed by atoms with Crippen LogP contribution in [-0.4, -0.2) is 31.1 Å². The number of furan rings is 1. The largest absolute Gasteiger partial charge is 0.467 e. The van der Waals surface area contributed by atoms with Crippen LogP contribution in [0.15, 0.2) is 34.9 Å². The number of halogens is 3. The van der Waals surface area contributed by atoms with Crippen molar-refractivity contribution in [1.29, 1.82) is 0 Å². The van der Waals surface area contributed by atoms with Gasteiger partial charge in [-0.25, -0.2) is 8.78 Å². The normalized spacial score (nSPS) is 17.0. The number of aryl methyl sites for hydroxylation is 1. The van der Waals surface area contributed by atoms with Gasteiger partial charge in [-0.2, -0.15) is 0 Å². The molecule has 22 heavy (non-hydrogen) atoms. The fourth-order valence-electron chi connectivity index (χ4n) is 2.82. The van der Waals surface area contributed by atoms with Crippen molar-refractivity contribution in [3.05, 3.63) is 59.1 Å². The number of benzene rings is 1. The molecule has 0 saturated carbocycles. The maximum absolute atomic E-state index is 14.5. The zero-order valence-corrected chi connectivity index (χ0v) is 13.1. The van der Waals surface area contributed by atoms with Gasteiger partial charge >= 0.3 is 0 Å². The summed E-state index contributed by atoms with van der Waals surface area (Å²) >= 11 is 0. The molecule has 0 spiro atoms. The SMILES string of the molecule is Cc1ccc(F)c([C@@H](c2ccco2)N2CCNCC2)c1F.Cl. The topological polar surface area (TPSA) is 28.4 Å². The van der Waals surface area contributed by atoms with E-state index in [-0.39, 0.29) is 18.0 Å². The van der Waals surface area contributed by atoms with Gasteiger partial charge < -0.3 is 9.73 Å². The second kappa shape index (κ2) is 7.22. The number of piperazine rings is 1. The van der Waals surface area contributed by atoms with Crippen LogP contribution in [0.3, 0.4) is 0 Å². The number of nitrogens with zero attached hydrogens (tertiary/aromatic N) is 1. The van der Waals surface area contributed by atoms with Crippen LogP contribution in [0, 0.1) is 18.6 Å². The summed E-state index contributed by atoms with van der Waals surface area (Å²) in [5, 5.41) is 3.25. The van der Waals surface area contributed by atoms with E-state index >= 15 is 0 Å². The fraction of sp³-hybridized carbons (Fsp3) is 0.375. The molecule has 2 heterocycles. The number of hydrogen-bond acceptors (Lipinski definition) is 3. The van der Waals surface area contributed by atoms with Gasteiger partial charge in [-0.3, -0.25) is 4.90 Å². The Hall–Kier alpha value is -1.43. The molecule has 2 aromatic rings. The van der Waals surface area contributed by atoms with Crippen molar-refractivity contribution in [2.45, 2.75) is 13.0 Å².